The SMILES string of the molecule is CCCCC(CCC[Si](OCC)(OCC)OCC)CC(=O)S. The summed E-state index contributed by atoms with van der Waals surface area (Å²) in [7, 11) is -2.54. The van der Waals surface area contributed by atoms with Crippen molar-refractivity contribution in [2.75, 3.05) is 19.8 Å². The van der Waals surface area contributed by atoms with Crippen LogP contribution < -0.4 is 0 Å². The highest BCUT2D eigenvalue weighted by atomic mass is 32.1. The molecule has 0 fully saturated rings. The van der Waals surface area contributed by atoms with E-state index < -0.39 is 8.80 Å². The van der Waals surface area contributed by atoms with Gasteiger partial charge in [0, 0.05) is 32.3 Å². The zero-order chi connectivity index (χ0) is 16.8. The molecule has 132 valence electrons. The molecule has 0 aromatic heterocycles. The molecule has 22 heavy (non-hydrogen) atoms. The van der Waals surface area contributed by atoms with E-state index in [1.807, 2.05) is 20.8 Å². The molecule has 0 spiro atoms. The van der Waals surface area contributed by atoms with Crippen molar-refractivity contribution in [2.45, 2.75) is 72.3 Å². The molecule has 1 unspecified atom stereocenters. The molecule has 0 saturated heterocycles. The molecule has 0 N–H and O–H groups in total. The van der Waals surface area contributed by atoms with Crippen LogP contribution >= 0.6 is 12.6 Å². The molecule has 0 bridgehead atoms. The molecular weight excluding hydrogens is 316 g/mol. The van der Waals surface area contributed by atoms with Crippen LogP contribution in [0.3, 0.4) is 0 Å². The summed E-state index contributed by atoms with van der Waals surface area (Å²) in [5.41, 5.74) is 0. The van der Waals surface area contributed by atoms with E-state index in [0.717, 1.165) is 38.1 Å². The van der Waals surface area contributed by atoms with Crippen molar-refractivity contribution in [3.05, 3.63) is 0 Å². The number of thiol groups is 1. The zero-order valence-corrected chi connectivity index (χ0v) is 16.6. The van der Waals surface area contributed by atoms with E-state index >= 15 is 0 Å². The van der Waals surface area contributed by atoms with Crippen molar-refractivity contribution in [3.8, 4) is 0 Å². The third-order valence-corrected chi connectivity index (χ3v) is 6.95. The lowest BCUT2D eigenvalue weighted by Gasteiger charge is -2.29. The minimum atomic E-state index is -2.54. The largest absolute Gasteiger partial charge is 0.500 e. The maximum absolute atomic E-state index is 11.3. The van der Waals surface area contributed by atoms with Crippen molar-refractivity contribution in [1.29, 1.82) is 0 Å². The lowest BCUT2D eigenvalue weighted by atomic mass is 9.94. The van der Waals surface area contributed by atoms with Gasteiger partial charge in [-0.1, -0.05) is 32.6 Å². The number of unbranched alkanes of at least 4 members (excludes halogenated alkanes) is 1. The fraction of sp³-hybridized carbons (Fsp3) is 0.938. The summed E-state index contributed by atoms with van der Waals surface area (Å²) in [6, 6.07) is 0.825. The molecule has 0 aromatic rings. The topological polar surface area (TPSA) is 44.8 Å². The first-order valence-electron chi connectivity index (χ1n) is 8.67. The molecule has 4 nitrogen and oxygen atoms in total. The molecule has 0 aliphatic heterocycles. The lowest BCUT2D eigenvalue weighted by molar-refractivity contribution is -0.111. The summed E-state index contributed by atoms with van der Waals surface area (Å²) < 4.78 is 17.6. The van der Waals surface area contributed by atoms with Crippen LogP contribution in [0.15, 0.2) is 0 Å². The van der Waals surface area contributed by atoms with E-state index in [9.17, 15) is 4.79 Å². The van der Waals surface area contributed by atoms with Crippen LogP contribution in [0.2, 0.25) is 6.04 Å². The third-order valence-electron chi connectivity index (χ3n) is 3.62. The molecule has 0 aliphatic rings. The van der Waals surface area contributed by atoms with Gasteiger partial charge in [0.25, 0.3) is 0 Å². The Bertz CT molecular complexity index is 272. The molecule has 0 saturated carbocycles. The first kappa shape index (κ1) is 22.1. The molecule has 0 amide bonds. The summed E-state index contributed by atoms with van der Waals surface area (Å²) in [6.45, 7) is 9.94. The minimum absolute atomic E-state index is 0.0102. The van der Waals surface area contributed by atoms with Crippen LogP contribution in [0.5, 0.6) is 0 Å². The van der Waals surface area contributed by atoms with Gasteiger partial charge in [0.15, 0.2) is 5.12 Å². The van der Waals surface area contributed by atoms with E-state index in [-0.39, 0.29) is 5.12 Å². The summed E-state index contributed by atoms with van der Waals surface area (Å²) in [4.78, 5) is 11.3. The number of hydrogen-bond acceptors (Lipinski definition) is 4. The molecule has 0 radical (unpaired) electrons. The minimum Gasteiger partial charge on any atom is -0.374 e. The predicted octanol–water partition coefficient (Wildman–Crippen LogP) is 4.47. The number of hydrogen-bond donors (Lipinski definition) is 1. The smallest absolute Gasteiger partial charge is 0.374 e. The Labute approximate surface area is 143 Å². The van der Waals surface area contributed by atoms with Crippen molar-refractivity contribution >= 4 is 26.5 Å². The summed E-state index contributed by atoms with van der Waals surface area (Å²) >= 11 is 3.93. The van der Waals surface area contributed by atoms with Gasteiger partial charge in [-0.2, -0.15) is 0 Å². The molecule has 0 heterocycles. The van der Waals surface area contributed by atoms with Crippen molar-refractivity contribution in [3.63, 3.8) is 0 Å². The Hall–Kier alpha value is 0.117. The van der Waals surface area contributed by atoms with E-state index in [2.05, 4.69) is 19.6 Å². The van der Waals surface area contributed by atoms with E-state index in [1.165, 1.54) is 0 Å². The van der Waals surface area contributed by atoms with Crippen LogP contribution in [-0.2, 0) is 18.1 Å². The average molecular weight is 351 g/mol. The van der Waals surface area contributed by atoms with E-state index in [4.69, 9.17) is 13.3 Å². The van der Waals surface area contributed by atoms with Crippen LogP contribution in [0.4, 0.5) is 0 Å². The second-order valence-electron chi connectivity index (χ2n) is 5.48. The van der Waals surface area contributed by atoms with Gasteiger partial charge >= 0.3 is 8.80 Å². The molecule has 0 rings (SSSR count). The first-order chi connectivity index (χ1) is 10.5. The summed E-state index contributed by atoms with van der Waals surface area (Å²) in [6.07, 6.45) is 5.96. The van der Waals surface area contributed by atoms with Gasteiger partial charge in [-0.05, 0) is 33.1 Å². The predicted molar refractivity (Wildman–Crippen MR) is 96.3 cm³/mol. The van der Waals surface area contributed by atoms with Gasteiger partial charge in [0.05, 0.1) is 0 Å². The highest BCUT2D eigenvalue weighted by molar-refractivity contribution is 7.96. The monoisotopic (exact) mass is 350 g/mol. The van der Waals surface area contributed by atoms with Gasteiger partial charge in [-0.3, -0.25) is 4.79 Å². The Morgan fingerprint density at radius 1 is 0.955 bits per heavy atom. The molecule has 1 atom stereocenters. The van der Waals surface area contributed by atoms with Crippen molar-refractivity contribution in [1.82, 2.24) is 0 Å². The number of rotatable bonds is 15. The highest BCUT2D eigenvalue weighted by Gasteiger charge is 2.39. The maximum Gasteiger partial charge on any atom is 0.500 e. The second-order valence-corrected chi connectivity index (χ2v) is 8.71. The van der Waals surface area contributed by atoms with E-state index in [1.54, 1.807) is 0 Å². The molecular formula is C16H34O4SSi. The van der Waals surface area contributed by atoms with Gasteiger partial charge < -0.3 is 13.3 Å². The Morgan fingerprint density at radius 2 is 1.45 bits per heavy atom. The van der Waals surface area contributed by atoms with Crippen molar-refractivity contribution in [2.24, 2.45) is 5.92 Å². The van der Waals surface area contributed by atoms with Crippen LogP contribution in [-0.4, -0.2) is 33.7 Å². The third kappa shape index (κ3) is 10.00. The summed E-state index contributed by atoms with van der Waals surface area (Å²) in [5, 5.41) is -0.0102. The van der Waals surface area contributed by atoms with Crippen molar-refractivity contribution < 1.29 is 18.1 Å². The van der Waals surface area contributed by atoms with Crippen LogP contribution in [0.25, 0.3) is 0 Å². The number of carbonyl (C=O) groups is 1. The Balaban J connectivity index is 4.48. The van der Waals surface area contributed by atoms with Gasteiger partial charge in [0.1, 0.15) is 0 Å². The lowest BCUT2D eigenvalue weighted by Crippen LogP contribution is -2.46. The van der Waals surface area contributed by atoms with E-state index in [0.29, 0.717) is 32.2 Å². The molecule has 6 heteroatoms. The fourth-order valence-corrected chi connectivity index (χ4v) is 5.59. The van der Waals surface area contributed by atoms with Gasteiger partial charge in [0.2, 0.25) is 0 Å². The zero-order valence-electron chi connectivity index (χ0n) is 14.7. The first-order valence-corrected chi connectivity index (χ1v) is 11.0. The van der Waals surface area contributed by atoms with Crippen LogP contribution in [0.1, 0.15) is 66.2 Å². The normalized spacial score (nSPS) is 13.3. The molecule has 0 aliphatic carbocycles. The standard InChI is InChI=1S/C16H34O4SSi/c1-5-9-11-15(14-16(17)21)12-10-13-22(18-6-2,19-7-3)20-8-4/h15H,5-14H2,1-4H3,(H,17,21). The summed E-state index contributed by atoms with van der Waals surface area (Å²) in [5.74, 6) is 0.418. The molecule has 0 aromatic carbocycles. The Morgan fingerprint density at radius 3 is 1.86 bits per heavy atom. The quantitative estimate of drug-likeness (QED) is 0.350. The average Bonchev–Trinajstić information content (AvgIpc) is 2.45. The highest BCUT2D eigenvalue weighted by Crippen LogP contribution is 2.25. The second kappa shape index (κ2) is 13.5. The van der Waals surface area contributed by atoms with Gasteiger partial charge in [-0.25, -0.2) is 0 Å². The van der Waals surface area contributed by atoms with Crippen LogP contribution in [0, 0.1) is 5.92 Å². The van der Waals surface area contributed by atoms with Gasteiger partial charge in [-0.15, -0.1) is 12.6 Å². The maximum atomic E-state index is 11.3. The Kier molecular flexibility index (Phi) is 13.6. The number of carbonyl (C=O) groups excluding carboxylic acids is 1. The fourth-order valence-electron chi connectivity index (χ4n) is 2.70.